The topological polar surface area (TPSA) is 46.2 Å². The molecule has 0 fully saturated rings. The van der Waals surface area contributed by atoms with E-state index in [9.17, 15) is 18.3 Å². The molecule has 16 heavy (non-hydrogen) atoms. The summed E-state index contributed by atoms with van der Waals surface area (Å²) in [7, 11) is 0. The van der Waals surface area contributed by atoms with E-state index >= 15 is 0 Å². The molecular weight excluding hydrogens is 219 g/mol. The number of aliphatic hydroxyl groups is 1. The third-order valence-corrected chi connectivity index (χ3v) is 2.33. The lowest BCUT2D eigenvalue weighted by molar-refractivity contribution is -0.139. The largest absolute Gasteiger partial charge is 0.416 e. The number of rotatable bonds is 2. The van der Waals surface area contributed by atoms with Gasteiger partial charge in [-0.1, -0.05) is 17.7 Å². The Morgan fingerprint density at radius 2 is 1.88 bits per heavy atom. The van der Waals surface area contributed by atoms with Crippen molar-refractivity contribution in [3.05, 3.63) is 34.9 Å². The molecule has 1 rings (SSSR count). The first-order valence-electron chi connectivity index (χ1n) is 4.85. The van der Waals surface area contributed by atoms with Crippen molar-refractivity contribution in [2.24, 2.45) is 5.73 Å². The fourth-order valence-corrected chi connectivity index (χ4v) is 1.46. The first kappa shape index (κ1) is 13.0. The Labute approximate surface area is 91.9 Å². The number of halogens is 3. The highest BCUT2D eigenvalue weighted by Gasteiger charge is 2.35. The van der Waals surface area contributed by atoms with E-state index in [4.69, 9.17) is 5.73 Å². The summed E-state index contributed by atoms with van der Waals surface area (Å²) in [6, 6.07) is 3.06. The molecule has 0 heterocycles. The van der Waals surface area contributed by atoms with Crippen LogP contribution in [-0.4, -0.2) is 11.1 Å². The van der Waals surface area contributed by atoms with Crippen LogP contribution in [0.4, 0.5) is 13.2 Å². The molecule has 0 radical (unpaired) electrons. The van der Waals surface area contributed by atoms with Crippen LogP contribution < -0.4 is 5.73 Å². The van der Waals surface area contributed by atoms with Gasteiger partial charge in [-0.3, -0.25) is 0 Å². The minimum Gasteiger partial charge on any atom is -0.387 e. The van der Waals surface area contributed by atoms with Crippen LogP contribution in [0.25, 0.3) is 0 Å². The molecule has 0 aliphatic carbocycles. The van der Waals surface area contributed by atoms with Crippen molar-refractivity contribution in [3.8, 4) is 0 Å². The molecular formula is C11H14F3NO. The fraction of sp³-hybridized carbons (Fsp3) is 0.455. The SMILES string of the molecule is Cc1ccc([C@@H](O)[C@H](C)N)c(C(F)(F)F)c1. The Morgan fingerprint density at radius 1 is 1.31 bits per heavy atom. The monoisotopic (exact) mass is 233 g/mol. The van der Waals surface area contributed by atoms with Gasteiger partial charge in [-0.05, 0) is 25.5 Å². The van der Waals surface area contributed by atoms with Crippen molar-refractivity contribution >= 4 is 0 Å². The summed E-state index contributed by atoms with van der Waals surface area (Å²) < 4.78 is 38.1. The molecule has 90 valence electrons. The van der Waals surface area contributed by atoms with E-state index < -0.39 is 23.9 Å². The van der Waals surface area contributed by atoms with E-state index in [2.05, 4.69) is 0 Å². The minimum atomic E-state index is -4.47. The van der Waals surface area contributed by atoms with Crippen LogP contribution in [0.1, 0.15) is 29.7 Å². The molecule has 2 atom stereocenters. The molecule has 0 saturated heterocycles. The smallest absolute Gasteiger partial charge is 0.387 e. The van der Waals surface area contributed by atoms with E-state index in [-0.39, 0.29) is 5.56 Å². The average Bonchev–Trinajstić information content (AvgIpc) is 2.15. The Bertz CT molecular complexity index is 374. The first-order valence-corrected chi connectivity index (χ1v) is 4.85. The molecule has 0 spiro atoms. The van der Waals surface area contributed by atoms with Gasteiger partial charge in [-0.2, -0.15) is 13.2 Å². The second-order valence-corrected chi connectivity index (χ2v) is 3.89. The van der Waals surface area contributed by atoms with Crippen molar-refractivity contribution in [3.63, 3.8) is 0 Å². The quantitative estimate of drug-likeness (QED) is 0.823. The maximum absolute atomic E-state index is 12.7. The highest BCUT2D eigenvalue weighted by Crippen LogP contribution is 2.35. The number of aliphatic hydroxyl groups excluding tert-OH is 1. The summed E-state index contributed by atoms with van der Waals surface area (Å²) in [6.45, 7) is 3.03. The lowest BCUT2D eigenvalue weighted by atomic mass is 9.96. The number of hydrogen-bond acceptors (Lipinski definition) is 2. The lowest BCUT2D eigenvalue weighted by Crippen LogP contribution is -2.26. The summed E-state index contributed by atoms with van der Waals surface area (Å²) in [5.41, 5.74) is 4.90. The second-order valence-electron chi connectivity index (χ2n) is 3.89. The maximum atomic E-state index is 12.7. The third-order valence-electron chi connectivity index (χ3n) is 2.33. The normalized spacial score (nSPS) is 15.9. The lowest BCUT2D eigenvalue weighted by Gasteiger charge is -2.20. The number of benzene rings is 1. The van der Waals surface area contributed by atoms with Gasteiger partial charge in [-0.25, -0.2) is 0 Å². The van der Waals surface area contributed by atoms with Crippen LogP contribution in [0.5, 0.6) is 0 Å². The number of alkyl halides is 3. The summed E-state index contributed by atoms with van der Waals surface area (Å²) in [5.74, 6) is 0. The highest BCUT2D eigenvalue weighted by atomic mass is 19.4. The molecule has 0 saturated carbocycles. The van der Waals surface area contributed by atoms with Crippen molar-refractivity contribution in [2.45, 2.75) is 32.2 Å². The zero-order valence-electron chi connectivity index (χ0n) is 9.05. The predicted octanol–water partition coefficient (Wildman–Crippen LogP) is 2.39. The van der Waals surface area contributed by atoms with Crippen LogP contribution in [0.15, 0.2) is 18.2 Å². The molecule has 1 aromatic rings. The van der Waals surface area contributed by atoms with Crippen LogP contribution in [0.2, 0.25) is 0 Å². The summed E-state index contributed by atoms with van der Waals surface area (Å²) in [4.78, 5) is 0. The van der Waals surface area contributed by atoms with Crippen LogP contribution >= 0.6 is 0 Å². The van der Waals surface area contributed by atoms with Crippen molar-refractivity contribution in [1.82, 2.24) is 0 Å². The van der Waals surface area contributed by atoms with Gasteiger partial charge in [-0.15, -0.1) is 0 Å². The fourth-order valence-electron chi connectivity index (χ4n) is 1.46. The molecule has 0 amide bonds. The van der Waals surface area contributed by atoms with E-state index in [1.54, 1.807) is 6.92 Å². The molecule has 0 unspecified atom stereocenters. The van der Waals surface area contributed by atoms with E-state index in [1.165, 1.54) is 19.1 Å². The van der Waals surface area contributed by atoms with Crippen LogP contribution in [0.3, 0.4) is 0 Å². The van der Waals surface area contributed by atoms with Gasteiger partial charge in [0.1, 0.15) is 0 Å². The van der Waals surface area contributed by atoms with Gasteiger partial charge in [0.15, 0.2) is 0 Å². The van der Waals surface area contributed by atoms with Gasteiger partial charge >= 0.3 is 6.18 Å². The van der Waals surface area contributed by atoms with E-state index in [0.29, 0.717) is 5.56 Å². The molecule has 2 nitrogen and oxygen atoms in total. The molecule has 0 bridgehead atoms. The van der Waals surface area contributed by atoms with Crippen LogP contribution in [0, 0.1) is 6.92 Å². The van der Waals surface area contributed by atoms with Gasteiger partial charge in [0, 0.05) is 6.04 Å². The van der Waals surface area contributed by atoms with Crippen molar-refractivity contribution in [1.29, 1.82) is 0 Å². The minimum absolute atomic E-state index is 0.173. The standard InChI is InChI=1S/C11H14F3NO/c1-6-3-4-8(10(16)7(2)15)9(5-6)11(12,13)14/h3-5,7,10,16H,15H2,1-2H3/t7-,10-/m0/s1. The zero-order valence-corrected chi connectivity index (χ0v) is 9.05. The van der Waals surface area contributed by atoms with Gasteiger partial charge in [0.05, 0.1) is 11.7 Å². The average molecular weight is 233 g/mol. The zero-order chi connectivity index (χ0) is 12.5. The Balaban J connectivity index is 3.29. The van der Waals surface area contributed by atoms with E-state index in [1.807, 2.05) is 0 Å². The molecule has 1 aromatic carbocycles. The summed E-state index contributed by atoms with van der Waals surface area (Å²) in [5, 5.41) is 9.61. The Kier molecular flexibility index (Phi) is 3.60. The molecule has 0 aliphatic heterocycles. The van der Waals surface area contributed by atoms with Crippen molar-refractivity contribution < 1.29 is 18.3 Å². The first-order chi connectivity index (χ1) is 7.23. The maximum Gasteiger partial charge on any atom is 0.416 e. The number of nitrogens with two attached hydrogens (primary N) is 1. The molecule has 3 N–H and O–H groups in total. The number of hydrogen-bond donors (Lipinski definition) is 2. The van der Waals surface area contributed by atoms with Gasteiger partial charge in [0.25, 0.3) is 0 Å². The van der Waals surface area contributed by atoms with Gasteiger partial charge < -0.3 is 10.8 Å². The highest BCUT2D eigenvalue weighted by molar-refractivity contribution is 5.35. The third kappa shape index (κ3) is 2.74. The molecule has 0 aromatic heterocycles. The molecule has 5 heteroatoms. The van der Waals surface area contributed by atoms with E-state index in [0.717, 1.165) is 6.07 Å². The Hall–Kier alpha value is -1.07. The summed E-state index contributed by atoms with van der Waals surface area (Å²) >= 11 is 0. The second kappa shape index (κ2) is 4.43. The number of aryl methyl sites for hydroxylation is 1. The predicted molar refractivity (Wildman–Crippen MR) is 54.8 cm³/mol. The summed E-state index contributed by atoms with van der Waals surface area (Å²) in [6.07, 6.45) is -5.78. The Morgan fingerprint density at radius 3 is 2.31 bits per heavy atom. The van der Waals surface area contributed by atoms with Crippen molar-refractivity contribution in [2.75, 3.05) is 0 Å². The van der Waals surface area contributed by atoms with Gasteiger partial charge in [0.2, 0.25) is 0 Å². The van der Waals surface area contributed by atoms with Crippen LogP contribution in [-0.2, 0) is 6.18 Å². The molecule has 0 aliphatic rings.